The van der Waals surface area contributed by atoms with E-state index in [9.17, 15) is 0 Å². The van der Waals surface area contributed by atoms with Crippen LogP contribution in [-0.4, -0.2) is 4.98 Å². The number of fused-ring (bicyclic) bond motifs is 1. The second kappa shape index (κ2) is 7.04. The van der Waals surface area contributed by atoms with Crippen molar-refractivity contribution in [3.63, 3.8) is 0 Å². The van der Waals surface area contributed by atoms with E-state index in [0.717, 1.165) is 16.5 Å². The number of nitriles is 1. The molecule has 4 rings (SSSR count). The summed E-state index contributed by atoms with van der Waals surface area (Å²) in [6, 6.07) is 27.2. The van der Waals surface area contributed by atoms with Gasteiger partial charge in [0.05, 0.1) is 5.52 Å². The number of nitrogens with one attached hydrogen (secondary N) is 1. The molecule has 0 aliphatic rings. The molecule has 0 bridgehead atoms. The normalized spacial score (nSPS) is 10.4. The Hall–Kier alpha value is -3.71. The van der Waals surface area contributed by atoms with Gasteiger partial charge in [0.15, 0.2) is 11.5 Å². The van der Waals surface area contributed by atoms with Gasteiger partial charge < -0.3 is 14.5 Å². The van der Waals surface area contributed by atoms with Crippen LogP contribution in [0.2, 0.25) is 0 Å². The minimum atomic E-state index is 0.466. The van der Waals surface area contributed by atoms with Crippen LogP contribution in [0.1, 0.15) is 11.3 Å². The summed E-state index contributed by atoms with van der Waals surface area (Å²) in [6.45, 7) is 0.466. The SMILES string of the molecule is N#Cc1cc2c(Oc3ccccc3OCc3ccccc3)cccc2[nH]1. The van der Waals surface area contributed by atoms with Crippen LogP contribution in [0.25, 0.3) is 10.9 Å². The van der Waals surface area contributed by atoms with E-state index in [1.807, 2.05) is 72.8 Å². The summed E-state index contributed by atoms with van der Waals surface area (Å²) < 4.78 is 12.1. The van der Waals surface area contributed by atoms with Gasteiger partial charge in [-0.05, 0) is 35.9 Å². The van der Waals surface area contributed by atoms with Crippen molar-refractivity contribution in [2.45, 2.75) is 6.61 Å². The van der Waals surface area contributed by atoms with Crippen LogP contribution in [0.4, 0.5) is 0 Å². The molecule has 0 saturated carbocycles. The van der Waals surface area contributed by atoms with Gasteiger partial charge >= 0.3 is 0 Å². The molecule has 0 fully saturated rings. The van der Waals surface area contributed by atoms with E-state index in [1.165, 1.54) is 0 Å². The minimum Gasteiger partial charge on any atom is -0.485 e. The third-order valence-corrected chi connectivity index (χ3v) is 4.05. The molecule has 0 amide bonds. The monoisotopic (exact) mass is 340 g/mol. The molecule has 1 aromatic heterocycles. The first kappa shape index (κ1) is 15.8. The van der Waals surface area contributed by atoms with Crippen LogP contribution in [0.3, 0.4) is 0 Å². The molecular weight excluding hydrogens is 324 g/mol. The number of H-pyrrole nitrogens is 1. The van der Waals surface area contributed by atoms with Crippen LogP contribution in [-0.2, 0) is 6.61 Å². The van der Waals surface area contributed by atoms with E-state index in [1.54, 1.807) is 6.07 Å². The van der Waals surface area contributed by atoms with E-state index in [4.69, 9.17) is 14.7 Å². The molecule has 1 heterocycles. The first-order valence-electron chi connectivity index (χ1n) is 8.29. The summed E-state index contributed by atoms with van der Waals surface area (Å²) in [5, 5.41) is 9.96. The highest BCUT2D eigenvalue weighted by Gasteiger charge is 2.10. The average molecular weight is 340 g/mol. The van der Waals surface area contributed by atoms with Gasteiger partial charge in [0.1, 0.15) is 24.1 Å². The first-order valence-corrected chi connectivity index (χ1v) is 8.29. The molecule has 3 aromatic carbocycles. The summed E-state index contributed by atoms with van der Waals surface area (Å²) in [4.78, 5) is 3.06. The van der Waals surface area contributed by atoms with E-state index in [0.29, 0.717) is 29.5 Å². The van der Waals surface area contributed by atoms with Crippen molar-refractivity contribution in [3.05, 3.63) is 90.1 Å². The van der Waals surface area contributed by atoms with Crippen molar-refractivity contribution >= 4 is 10.9 Å². The number of rotatable bonds is 5. The smallest absolute Gasteiger partial charge is 0.169 e. The van der Waals surface area contributed by atoms with Crippen LogP contribution >= 0.6 is 0 Å². The quantitative estimate of drug-likeness (QED) is 0.528. The Morgan fingerprint density at radius 3 is 2.35 bits per heavy atom. The number of benzene rings is 3. The summed E-state index contributed by atoms with van der Waals surface area (Å²) in [5.41, 5.74) is 2.46. The maximum atomic E-state index is 9.10. The molecule has 126 valence electrons. The van der Waals surface area contributed by atoms with E-state index >= 15 is 0 Å². The lowest BCUT2D eigenvalue weighted by Crippen LogP contribution is -1.97. The predicted molar refractivity (Wildman–Crippen MR) is 100 cm³/mol. The minimum absolute atomic E-state index is 0.466. The number of nitrogens with zero attached hydrogens (tertiary/aromatic N) is 1. The van der Waals surface area contributed by atoms with Gasteiger partial charge in [-0.1, -0.05) is 48.5 Å². The molecule has 4 heteroatoms. The van der Waals surface area contributed by atoms with Crippen LogP contribution < -0.4 is 9.47 Å². The Balaban J connectivity index is 1.61. The van der Waals surface area contributed by atoms with Crippen molar-refractivity contribution in [2.24, 2.45) is 0 Å². The highest BCUT2D eigenvalue weighted by Crippen LogP contribution is 2.35. The van der Waals surface area contributed by atoms with Crippen molar-refractivity contribution in [1.82, 2.24) is 4.98 Å². The van der Waals surface area contributed by atoms with E-state index in [-0.39, 0.29) is 0 Å². The molecule has 0 aliphatic heterocycles. The molecule has 4 nitrogen and oxygen atoms in total. The standard InChI is InChI=1S/C22H16N2O2/c23-14-17-13-18-19(24-17)9-6-12-20(18)26-22-11-5-4-10-21(22)25-15-16-7-2-1-3-8-16/h1-13,24H,15H2. The number of hydrogen-bond acceptors (Lipinski definition) is 3. The molecule has 26 heavy (non-hydrogen) atoms. The van der Waals surface area contributed by atoms with Gasteiger partial charge in [0.25, 0.3) is 0 Å². The fourth-order valence-electron chi connectivity index (χ4n) is 2.78. The van der Waals surface area contributed by atoms with Crippen molar-refractivity contribution in [1.29, 1.82) is 5.26 Å². The fourth-order valence-corrected chi connectivity index (χ4v) is 2.78. The maximum absolute atomic E-state index is 9.10. The lowest BCUT2D eigenvalue weighted by atomic mass is 10.2. The van der Waals surface area contributed by atoms with Crippen LogP contribution in [0.15, 0.2) is 78.9 Å². The van der Waals surface area contributed by atoms with Gasteiger partial charge in [-0.2, -0.15) is 5.26 Å². The summed E-state index contributed by atoms with van der Waals surface area (Å²) in [7, 11) is 0. The Labute approximate surface area is 151 Å². The van der Waals surface area contributed by atoms with Gasteiger partial charge in [-0.3, -0.25) is 0 Å². The Kier molecular flexibility index (Phi) is 4.28. The van der Waals surface area contributed by atoms with Crippen molar-refractivity contribution < 1.29 is 9.47 Å². The summed E-state index contributed by atoms with van der Waals surface area (Å²) in [5.74, 6) is 1.98. The van der Waals surface area contributed by atoms with Crippen molar-refractivity contribution in [2.75, 3.05) is 0 Å². The Bertz CT molecular complexity index is 1080. The average Bonchev–Trinajstić information content (AvgIpc) is 3.13. The third-order valence-electron chi connectivity index (χ3n) is 4.05. The maximum Gasteiger partial charge on any atom is 0.169 e. The largest absolute Gasteiger partial charge is 0.485 e. The zero-order valence-electron chi connectivity index (χ0n) is 14.0. The molecular formula is C22H16N2O2. The highest BCUT2D eigenvalue weighted by molar-refractivity contribution is 5.87. The molecule has 0 radical (unpaired) electrons. The second-order valence-electron chi connectivity index (χ2n) is 5.84. The Morgan fingerprint density at radius 2 is 1.54 bits per heavy atom. The van der Waals surface area contributed by atoms with E-state index < -0.39 is 0 Å². The fraction of sp³-hybridized carbons (Fsp3) is 0.0455. The van der Waals surface area contributed by atoms with Gasteiger partial charge in [0.2, 0.25) is 0 Å². The van der Waals surface area contributed by atoms with Crippen molar-refractivity contribution in [3.8, 4) is 23.3 Å². The van der Waals surface area contributed by atoms with Gasteiger partial charge in [-0.25, -0.2) is 0 Å². The molecule has 0 atom stereocenters. The van der Waals surface area contributed by atoms with Crippen LogP contribution in [0.5, 0.6) is 17.2 Å². The first-order chi connectivity index (χ1) is 12.8. The number of aromatic nitrogens is 1. The van der Waals surface area contributed by atoms with Crippen LogP contribution in [0, 0.1) is 11.3 Å². The molecule has 0 unspecified atom stereocenters. The molecule has 4 aromatic rings. The third kappa shape index (κ3) is 3.24. The number of ether oxygens (including phenoxy) is 2. The number of para-hydroxylation sites is 2. The van der Waals surface area contributed by atoms with Gasteiger partial charge in [0, 0.05) is 5.39 Å². The number of hydrogen-bond donors (Lipinski definition) is 1. The molecule has 0 spiro atoms. The Morgan fingerprint density at radius 1 is 0.808 bits per heavy atom. The summed E-state index contributed by atoms with van der Waals surface area (Å²) >= 11 is 0. The zero-order chi connectivity index (χ0) is 17.8. The molecule has 0 saturated heterocycles. The zero-order valence-corrected chi connectivity index (χ0v) is 14.0. The second-order valence-corrected chi connectivity index (χ2v) is 5.84. The molecule has 1 N–H and O–H groups in total. The number of aromatic amines is 1. The molecule has 0 aliphatic carbocycles. The predicted octanol–water partition coefficient (Wildman–Crippen LogP) is 5.41. The highest BCUT2D eigenvalue weighted by atomic mass is 16.5. The topological polar surface area (TPSA) is 58.0 Å². The van der Waals surface area contributed by atoms with Gasteiger partial charge in [-0.15, -0.1) is 0 Å². The lowest BCUT2D eigenvalue weighted by molar-refractivity contribution is 0.292. The van der Waals surface area contributed by atoms with E-state index in [2.05, 4.69) is 11.1 Å². The summed E-state index contributed by atoms with van der Waals surface area (Å²) in [6.07, 6.45) is 0. The lowest BCUT2D eigenvalue weighted by Gasteiger charge is -2.13.